The van der Waals surface area contributed by atoms with Gasteiger partial charge in [-0.15, -0.1) is 0 Å². The Hall–Kier alpha value is -0.610. The summed E-state index contributed by atoms with van der Waals surface area (Å²) < 4.78 is 5.48. The van der Waals surface area contributed by atoms with E-state index in [4.69, 9.17) is 10.5 Å². The molecule has 0 spiro atoms. The molecule has 1 saturated heterocycles. The maximum absolute atomic E-state index is 12.0. The second kappa shape index (κ2) is 7.74. The van der Waals surface area contributed by atoms with Gasteiger partial charge in [0.2, 0.25) is 5.91 Å². The maximum Gasteiger partial charge on any atom is 0.223 e. The smallest absolute Gasteiger partial charge is 0.223 e. The summed E-state index contributed by atoms with van der Waals surface area (Å²) in [5, 5.41) is 3.14. The Morgan fingerprint density at radius 2 is 2.17 bits per heavy atom. The van der Waals surface area contributed by atoms with Gasteiger partial charge < -0.3 is 15.8 Å². The number of carbonyl (C=O) groups excluding carboxylic acids is 1. The SMILES string of the molecule is CC(N)CCCC(C)C(=O)NC1CCOC(C)C1. The van der Waals surface area contributed by atoms with Crippen LogP contribution in [0.5, 0.6) is 0 Å². The van der Waals surface area contributed by atoms with Crippen molar-refractivity contribution >= 4 is 5.91 Å². The topological polar surface area (TPSA) is 64.4 Å². The molecule has 0 radical (unpaired) electrons. The first-order chi connectivity index (χ1) is 8.49. The molecule has 0 bridgehead atoms. The number of ether oxygens (including phenoxy) is 1. The van der Waals surface area contributed by atoms with Gasteiger partial charge in [0.15, 0.2) is 0 Å². The van der Waals surface area contributed by atoms with E-state index in [2.05, 4.69) is 12.2 Å². The van der Waals surface area contributed by atoms with Crippen molar-refractivity contribution in [3.63, 3.8) is 0 Å². The first-order valence-electron chi connectivity index (χ1n) is 7.16. The number of rotatable bonds is 6. The summed E-state index contributed by atoms with van der Waals surface area (Å²) in [7, 11) is 0. The predicted octanol–water partition coefficient (Wildman–Crippen LogP) is 1.82. The largest absolute Gasteiger partial charge is 0.378 e. The van der Waals surface area contributed by atoms with Gasteiger partial charge in [0.1, 0.15) is 0 Å². The molecule has 18 heavy (non-hydrogen) atoms. The molecule has 4 heteroatoms. The summed E-state index contributed by atoms with van der Waals surface area (Å²) in [6.07, 6.45) is 5.06. The lowest BCUT2D eigenvalue weighted by atomic mass is 9.99. The minimum Gasteiger partial charge on any atom is -0.378 e. The molecule has 0 aromatic rings. The lowest BCUT2D eigenvalue weighted by Gasteiger charge is -2.28. The minimum absolute atomic E-state index is 0.0851. The highest BCUT2D eigenvalue weighted by molar-refractivity contribution is 5.78. The highest BCUT2D eigenvalue weighted by atomic mass is 16.5. The zero-order valence-electron chi connectivity index (χ0n) is 11.9. The number of hydrogen-bond acceptors (Lipinski definition) is 3. The van der Waals surface area contributed by atoms with Crippen molar-refractivity contribution in [2.75, 3.05) is 6.61 Å². The van der Waals surface area contributed by atoms with E-state index >= 15 is 0 Å². The van der Waals surface area contributed by atoms with Crippen LogP contribution in [0, 0.1) is 5.92 Å². The quantitative estimate of drug-likeness (QED) is 0.762. The Morgan fingerprint density at radius 3 is 2.78 bits per heavy atom. The van der Waals surface area contributed by atoms with Crippen LogP contribution in [0.4, 0.5) is 0 Å². The molecule has 4 atom stereocenters. The lowest BCUT2D eigenvalue weighted by molar-refractivity contribution is -0.126. The molecule has 4 unspecified atom stereocenters. The van der Waals surface area contributed by atoms with E-state index in [9.17, 15) is 4.79 Å². The molecule has 0 aromatic carbocycles. The van der Waals surface area contributed by atoms with Gasteiger partial charge in [0.05, 0.1) is 6.10 Å². The summed E-state index contributed by atoms with van der Waals surface area (Å²) in [6.45, 7) is 6.82. The molecule has 0 aromatic heterocycles. The van der Waals surface area contributed by atoms with E-state index < -0.39 is 0 Å². The van der Waals surface area contributed by atoms with Gasteiger partial charge in [-0.25, -0.2) is 0 Å². The number of hydrogen-bond donors (Lipinski definition) is 2. The third-order valence-electron chi connectivity index (χ3n) is 3.58. The zero-order valence-corrected chi connectivity index (χ0v) is 11.9. The average Bonchev–Trinajstić information content (AvgIpc) is 2.28. The molecule has 1 heterocycles. The van der Waals surface area contributed by atoms with Crippen molar-refractivity contribution in [3.8, 4) is 0 Å². The molecular weight excluding hydrogens is 228 g/mol. The Labute approximate surface area is 111 Å². The highest BCUT2D eigenvalue weighted by Gasteiger charge is 2.22. The third kappa shape index (κ3) is 5.83. The number of carbonyl (C=O) groups is 1. The highest BCUT2D eigenvalue weighted by Crippen LogP contribution is 2.15. The van der Waals surface area contributed by atoms with Crippen LogP contribution in [0.15, 0.2) is 0 Å². The second-order valence-electron chi connectivity index (χ2n) is 5.72. The second-order valence-corrected chi connectivity index (χ2v) is 5.72. The van der Waals surface area contributed by atoms with E-state index in [0.29, 0.717) is 0 Å². The molecule has 1 aliphatic rings. The fourth-order valence-electron chi connectivity index (χ4n) is 2.35. The molecule has 0 aliphatic carbocycles. The normalized spacial score (nSPS) is 27.6. The average molecular weight is 256 g/mol. The molecule has 1 rings (SSSR count). The first-order valence-corrected chi connectivity index (χ1v) is 7.16. The van der Waals surface area contributed by atoms with Crippen molar-refractivity contribution in [1.82, 2.24) is 5.32 Å². The summed E-state index contributed by atoms with van der Waals surface area (Å²) in [5.74, 6) is 0.265. The maximum atomic E-state index is 12.0. The van der Waals surface area contributed by atoms with Crippen LogP contribution in [0.3, 0.4) is 0 Å². The molecule has 106 valence electrons. The summed E-state index contributed by atoms with van der Waals surface area (Å²) >= 11 is 0. The van der Waals surface area contributed by atoms with E-state index in [0.717, 1.165) is 38.7 Å². The summed E-state index contributed by atoms with van der Waals surface area (Å²) in [4.78, 5) is 12.0. The molecule has 4 nitrogen and oxygen atoms in total. The summed E-state index contributed by atoms with van der Waals surface area (Å²) in [5.41, 5.74) is 5.70. The van der Waals surface area contributed by atoms with Crippen LogP contribution in [0.1, 0.15) is 52.9 Å². The van der Waals surface area contributed by atoms with Gasteiger partial charge in [0.25, 0.3) is 0 Å². The van der Waals surface area contributed by atoms with E-state index in [1.165, 1.54) is 0 Å². The van der Waals surface area contributed by atoms with Crippen molar-refractivity contribution in [3.05, 3.63) is 0 Å². The molecule has 1 fully saturated rings. The van der Waals surface area contributed by atoms with Crippen molar-refractivity contribution < 1.29 is 9.53 Å². The third-order valence-corrected chi connectivity index (χ3v) is 3.58. The van der Waals surface area contributed by atoms with Crippen LogP contribution in [0.2, 0.25) is 0 Å². The molecule has 1 amide bonds. The number of nitrogens with two attached hydrogens (primary N) is 1. The monoisotopic (exact) mass is 256 g/mol. The molecule has 1 aliphatic heterocycles. The van der Waals surface area contributed by atoms with E-state index in [1.54, 1.807) is 0 Å². The van der Waals surface area contributed by atoms with Gasteiger partial charge in [0, 0.05) is 24.6 Å². The Morgan fingerprint density at radius 1 is 1.44 bits per heavy atom. The van der Waals surface area contributed by atoms with E-state index in [-0.39, 0.29) is 30.0 Å². The van der Waals surface area contributed by atoms with Crippen molar-refractivity contribution in [2.24, 2.45) is 11.7 Å². The van der Waals surface area contributed by atoms with Crippen molar-refractivity contribution in [2.45, 2.75) is 71.1 Å². The van der Waals surface area contributed by atoms with E-state index in [1.807, 2.05) is 13.8 Å². The van der Waals surface area contributed by atoms with Gasteiger partial charge in [-0.2, -0.15) is 0 Å². The fourth-order valence-corrected chi connectivity index (χ4v) is 2.35. The Balaban J connectivity index is 2.22. The van der Waals surface area contributed by atoms with Gasteiger partial charge >= 0.3 is 0 Å². The predicted molar refractivity (Wildman–Crippen MR) is 73.2 cm³/mol. The number of nitrogens with one attached hydrogen (secondary N) is 1. The molecular formula is C14H28N2O2. The van der Waals surface area contributed by atoms with Gasteiger partial charge in [-0.1, -0.05) is 13.3 Å². The van der Waals surface area contributed by atoms with Crippen LogP contribution < -0.4 is 11.1 Å². The fraction of sp³-hybridized carbons (Fsp3) is 0.929. The molecule has 0 saturated carbocycles. The standard InChI is InChI=1S/C14H28N2O2/c1-10(5-4-6-11(2)15)14(17)16-13-7-8-18-12(3)9-13/h10-13H,4-9,15H2,1-3H3,(H,16,17). The number of amides is 1. The van der Waals surface area contributed by atoms with Crippen LogP contribution in [0.25, 0.3) is 0 Å². The Kier molecular flexibility index (Phi) is 6.65. The van der Waals surface area contributed by atoms with Crippen LogP contribution >= 0.6 is 0 Å². The van der Waals surface area contributed by atoms with Crippen molar-refractivity contribution in [1.29, 1.82) is 0 Å². The minimum atomic E-state index is 0.0851. The summed E-state index contributed by atoms with van der Waals surface area (Å²) in [6, 6.07) is 0.522. The van der Waals surface area contributed by atoms with Crippen LogP contribution in [-0.2, 0) is 9.53 Å². The first kappa shape index (κ1) is 15.4. The lowest BCUT2D eigenvalue weighted by Crippen LogP contribution is -2.43. The molecule has 3 N–H and O–H groups in total. The Bertz CT molecular complexity index is 256. The zero-order chi connectivity index (χ0) is 13.5. The van der Waals surface area contributed by atoms with Gasteiger partial charge in [-0.3, -0.25) is 4.79 Å². The van der Waals surface area contributed by atoms with Crippen LogP contribution in [-0.4, -0.2) is 30.7 Å². The van der Waals surface area contributed by atoms with Gasteiger partial charge in [-0.05, 0) is 39.5 Å².